The Labute approximate surface area is 84.8 Å². The highest BCUT2D eigenvalue weighted by Gasteiger charge is 2.15. The number of benzene rings is 1. The van der Waals surface area contributed by atoms with Gasteiger partial charge in [0.15, 0.2) is 0 Å². The van der Waals surface area contributed by atoms with Crippen LogP contribution in [0.1, 0.15) is 16.1 Å². The Morgan fingerprint density at radius 2 is 1.87 bits per heavy atom. The highest BCUT2D eigenvalue weighted by atomic mass is 16.4. The summed E-state index contributed by atoms with van der Waals surface area (Å²) in [5.41, 5.74) is -0.460. The zero-order valence-corrected chi connectivity index (χ0v) is 7.98. The number of carbonyl (C=O) groups is 1. The average Bonchev–Trinajstić information content (AvgIpc) is 2.17. The second kappa shape index (κ2) is 3.24. The first-order valence-corrected chi connectivity index (χ1v) is 4.37. The minimum Gasteiger partial charge on any atom is -0.478 e. The summed E-state index contributed by atoms with van der Waals surface area (Å²) in [5, 5.41) is 9.70. The number of rotatable bonds is 1. The van der Waals surface area contributed by atoms with Crippen molar-refractivity contribution in [3.63, 3.8) is 0 Å². The van der Waals surface area contributed by atoms with Gasteiger partial charge >= 0.3 is 11.6 Å². The molecule has 0 radical (unpaired) electrons. The molecule has 1 aromatic carbocycles. The van der Waals surface area contributed by atoms with Gasteiger partial charge in [-0.15, -0.1) is 0 Å². The molecule has 76 valence electrons. The summed E-state index contributed by atoms with van der Waals surface area (Å²) in [6.07, 6.45) is 0. The van der Waals surface area contributed by atoms with E-state index in [1.807, 2.05) is 0 Å². The van der Waals surface area contributed by atoms with Gasteiger partial charge in [-0.2, -0.15) is 0 Å². The van der Waals surface area contributed by atoms with E-state index in [2.05, 4.69) is 0 Å². The van der Waals surface area contributed by atoms with Crippen molar-refractivity contribution in [3.05, 3.63) is 46.0 Å². The van der Waals surface area contributed by atoms with E-state index < -0.39 is 11.6 Å². The van der Waals surface area contributed by atoms with Gasteiger partial charge in [-0.3, -0.25) is 0 Å². The number of carboxylic acids is 1. The van der Waals surface area contributed by atoms with E-state index in [-0.39, 0.29) is 11.3 Å². The molecule has 0 atom stereocenters. The summed E-state index contributed by atoms with van der Waals surface area (Å²) in [6.45, 7) is 1.47. The first kappa shape index (κ1) is 9.45. The maximum Gasteiger partial charge on any atom is 0.343 e. The van der Waals surface area contributed by atoms with Crippen molar-refractivity contribution in [2.45, 2.75) is 6.92 Å². The van der Waals surface area contributed by atoms with Crippen molar-refractivity contribution in [1.29, 1.82) is 0 Å². The van der Waals surface area contributed by atoms with Crippen LogP contribution < -0.4 is 5.63 Å². The van der Waals surface area contributed by atoms with Crippen LogP contribution in [-0.4, -0.2) is 11.1 Å². The predicted molar refractivity (Wildman–Crippen MR) is 54.2 cm³/mol. The highest BCUT2D eigenvalue weighted by molar-refractivity contribution is 6.03. The van der Waals surface area contributed by atoms with Gasteiger partial charge in [0, 0.05) is 5.39 Å². The minimum atomic E-state index is -1.09. The van der Waals surface area contributed by atoms with Crippen LogP contribution >= 0.6 is 0 Å². The van der Waals surface area contributed by atoms with Gasteiger partial charge in [-0.05, 0) is 13.0 Å². The molecule has 0 bridgehead atoms. The van der Waals surface area contributed by atoms with Gasteiger partial charge in [0.1, 0.15) is 11.3 Å². The van der Waals surface area contributed by atoms with Crippen LogP contribution in [0.4, 0.5) is 0 Å². The summed E-state index contributed by atoms with van der Waals surface area (Å²) in [4.78, 5) is 22.4. The summed E-state index contributed by atoms with van der Waals surface area (Å²) in [5.74, 6) is -0.960. The number of hydrogen-bond acceptors (Lipinski definition) is 3. The van der Waals surface area contributed by atoms with E-state index >= 15 is 0 Å². The van der Waals surface area contributed by atoms with Gasteiger partial charge in [0.05, 0.1) is 5.39 Å². The molecule has 0 unspecified atom stereocenters. The lowest BCUT2D eigenvalue weighted by atomic mass is 10.1. The molecule has 15 heavy (non-hydrogen) atoms. The Kier molecular flexibility index (Phi) is 2.04. The first-order chi connectivity index (χ1) is 7.11. The fourth-order valence-corrected chi connectivity index (χ4v) is 1.58. The molecule has 0 aliphatic carbocycles. The predicted octanol–water partition coefficient (Wildman–Crippen LogP) is 1.80. The lowest BCUT2D eigenvalue weighted by Crippen LogP contribution is -2.08. The third-order valence-electron chi connectivity index (χ3n) is 2.23. The van der Waals surface area contributed by atoms with Crippen molar-refractivity contribution in [2.24, 2.45) is 0 Å². The average molecular weight is 204 g/mol. The van der Waals surface area contributed by atoms with E-state index in [9.17, 15) is 9.59 Å². The Balaban J connectivity index is 3.03. The Bertz CT molecular complexity index is 595. The Morgan fingerprint density at radius 1 is 1.27 bits per heavy atom. The normalized spacial score (nSPS) is 10.5. The molecule has 0 spiro atoms. The topological polar surface area (TPSA) is 67.5 Å². The van der Waals surface area contributed by atoms with Gasteiger partial charge in [0.25, 0.3) is 0 Å². The quantitative estimate of drug-likeness (QED) is 0.769. The van der Waals surface area contributed by atoms with Gasteiger partial charge < -0.3 is 9.52 Å². The van der Waals surface area contributed by atoms with Crippen molar-refractivity contribution in [1.82, 2.24) is 0 Å². The number of carboxylic acid groups (broad SMARTS) is 1. The van der Waals surface area contributed by atoms with Crippen molar-refractivity contribution in [2.75, 3.05) is 0 Å². The van der Waals surface area contributed by atoms with Crippen molar-refractivity contribution < 1.29 is 14.3 Å². The second-order valence-electron chi connectivity index (χ2n) is 3.17. The molecule has 0 aliphatic heterocycles. The van der Waals surface area contributed by atoms with Gasteiger partial charge in [-0.1, -0.05) is 18.2 Å². The molecule has 4 heteroatoms. The van der Waals surface area contributed by atoms with Crippen molar-refractivity contribution >= 4 is 16.7 Å². The van der Waals surface area contributed by atoms with E-state index in [1.54, 1.807) is 24.3 Å². The highest BCUT2D eigenvalue weighted by Crippen LogP contribution is 2.18. The van der Waals surface area contributed by atoms with Crippen LogP contribution in [0.5, 0.6) is 0 Å². The van der Waals surface area contributed by atoms with Crippen LogP contribution in [0, 0.1) is 6.92 Å². The lowest BCUT2D eigenvalue weighted by Gasteiger charge is -2.03. The summed E-state index contributed by atoms with van der Waals surface area (Å²) >= 11 is 0. The van der Waals surface area contributed by atoms with E-state index in [1.165, 1.54) is 6.92 Å². The zero-order chi connectivity index (χ0) is 11.0. The number of fused-ring (bicyclic) bond motifs is 1. The summed E-state index contributed by atoms with van der Waals surface area (Å²) in [6, 6.07) is 6.50. The largest absolute Gasteiger partial charge is 0.478 e. The molecule has 0 saturated carbocycles. The molecular weight excluding hydrogens is 196 g/mol. The Hall–Kier alpha value is -2.10. The zero-order valence-electron chi connectivity index (χ0n) is 7.98. The SMILES string of the molecule is Cc1oc(=O)c2ccccc2c1C(=O)O. The van der Waals surface area contributed by atoms with Crippen LogP contribution in [0.25, 0.3) is 10.8 Å². The molecule has 1 heterocycles. The minimum absolute atomic E-state index is 0.0465. The molecule has 0 aliphatic rings. The Morgan fingerprint density at radius 3 is 2.47 bits per heavy atom. The second-order valence-corrected chi connectivity index (χ2v) is 3.17. The van der Waals surface area contributed by atoms with E-state index in [0.29, 0.717) is 10.8 Å². The fourth-order valence-electron chi connectivity index (χ4n) is 1.58. The summed E-state index contributed by atoms with van der Waals surface area (Å²) < 4.78 is 4.85. The van der Waals surface area contributed by atoms with Crippen molar-refractivity contribution in [3.8, 4) is 0 Å². The molecule has 0 amide bonds. The maximum atomic E-state index is 11.4. The molecule has 4 nitrogen and oxygen atoms in total. The molecule has 0 saturated heterocycles. The van der Waals surface area contributed by atoms with Gasteiger partial charge in [-0.25, -0.2) is 9.59 Å². The molecule has 2 aromatic rings. The summed E-state index contributed by atoms with van der Waals surface area (Å²) in [7, 11) is 0. The van der Waals surface area contributed by atoms with Crippen LogP contribution in [0.2, 0.25) is 0 Å². The third kappa shape index (κ3) is 1.40. The van der Waals surface area contributed by atoms with Crippen LogP contribution in [-0.2, 0) is 0 Å². The monoisotopic (exact) mass is 204 g/mol. The molecule has 1 N–H and O–H groups in total. The van der Waals surface area contributed by atoms with Gasteiger partial charge in [0.2, 0.25) is 0 Å². The maximum absolute atomic E-state index is 11.4. The fraction of sp³-hybridized carbons (Fsp3) is 0.0909. The van der Waals surface area contributed by atoms with Crippen LogP contribution in [0.15, 0.2) is 33.5 Å². The first-order valence-electron chi connectivity index (χ1n) is 4.37. The molecule has 0 fully saturated rings. The lowest BCUT2D eigenvalue weighted by molar-refractivity contribution is 0.0695. The van der Waals surface area contributed by atoms with E-state index in [4.69, 9.17) is 9.52 Å². The third-order valence-corrected chi connectivity index (χ3v) is 2.23. The smallest absolute Gasteiger partial charge is 0.343 e. The van der Waals surface area contributed by atoms with Crippen LogP contribution in [0.3, 0.4) is 0 Å². The standard InChI is InChI=1S/C11H8O4/c1-6-9(10(12)13)7-4-2-3-5-8(7)11(14)15-6/h2-5H,1H3,(H,12,13). The number of aryl methyl sites for hydroxylation is 1. The molecular formula is C11H8O4. The van der Waals surface area contributed by atoms with E-state index in [0.717, 1.165) is 0 Å². The molecule has 1 aromatic heterocycles. The number of aromatic carboxylic acids is 1. The number of hydrogen-bond donors (Lipinski definition) is 1. The molecule has 2 rings (SSSR count).